The zero-order valence-corrected chi connectivity index (χ0v) is 14.6. The van der Waals surface area contributed by atoms with Crippen molar-refractivity contribution < 1.29 is 9.05 Å². The Balaban J connectivity index is 1.82. The van der Waals surface area contributed by atoms with Crippen LogP contribution in [0, 0.1) is 23.2 Å². The van der Waals surface area contributed by atoms with Crippen molar-refractivity contribution in [2.45, 2.75) is 52.9 Å². The second-order valence-corrected chi connectivity index (χ2v) is 11.1. The Bertz CT molecular complexity index is 336. The van der Waals surface area contributed by atoms with E-state index >= 15 is 0 Å². The summed E-state index contributed by atoms with van der Waals surface area (Å²) in [6, 6.07) is 0. The minimum atomic E-state index is -1.89. The molecule has 1 heterocycles. The molecule has 2 aliphatic rings. The second kappa shape index (κ2) is 6.13. The van der Waals surface area contributed by atoms with E-state index < -0.39 is 6.49 Å². The van der Waals surface area contributed by atoms with Crippen LogP contribution in [0.1, 0.15) is 52.9 Å². The molecule has 19 heavy (non-hydrogen) atoms. The molecule has 1 saturated heterocycles. The first-order valence-electron chi connectivity index (χ1n) is 7.70. The molecule has 1 aliphatic carbocycles. The van der Waals surface area contributed by atoms with Crippen LogP contribution in [0.5, 0.6) is 0 Å². The molecule has 0 radical (unpaired) electrons. The molecule has 0 aromatic rings. The highest BCUT2D eigenvalue weighted by Gasteiger charge is 2.36. The van der Waals surface area contributed by atoms with E-state index in [-0.39, 0.29) is 0 Å². The fourth-order valence-corrected chi connectivity index (χ4v) is 4.84. The molecule has 1 saturated carbocycles. The van der Waals surface area contributed by atoms with E-state index in [0.29, 0.717) is 11.3 Å². The van der Waals surface area contributed by atoms with Crippen molar-refractivity contribution in [3.05, 3.63) is 0 Å². The van der Waals surface area contributed by atoms with Crippen LogP contribution in [0.25, 0.3) is 0 Å². The Labute approximate surface area is 123 Å². The topological polar surface area (TPSA) is 18.5 Å². The molecule has 0 aromatic carbocycles. The van der Waals surface area contributed by atoms with Gasteiger partial charge >= 0.3 is 0 Å². The van der Waals surface area contributed by atoms with Crippen LogP contribution in [0.2, 0.25) is 0 Å². The lowest BCUT2D eigenvalue weighted by atomic mass is 9.66. The third kappa shape index (κ3) is 4.03. The predicted octanol–water partition coefficient (Wildman–Crippen LogP) is 4.83. The van der Waals surface area contributed by atoms with Gasteiger partial charge in [0.2, 0.25) is 0 Å². The van der Waals surface area contributed by atoms with Crippen LogP contribution in [0.4, 0.5) is 0 Å². The first-order valence-corrected chi connectivity index (χ1v) is 10.8. The molecule has 0 amide bonds. The molecule has 0 N–H and O–H groups in total. The zero-order valence-electron chi connectivity index (χ0n) is 12.9. The summed E-state index contributed by atoms with van der Waals surface area (Å²) in [6.45, 7) is 8.91. The summed E-state index contributed by atoms with van der Waals surface area (Å²) in [7, 11) is 0. The first kappa shape index (κ1) is 15.9. The molecule has 0 atom stereocenters. The van der Waals surface area contributed by atoms with Crippen molar-refractivity contribution in [2.75, 3.05) is 19.9 Å². The number of rotatable bonds is 3. The van der Waals surface area contributed by atoms with Crippen LogP contribution in [-0.4, -0.2) is 19.9 Å². The van der Waals surface area contributed by atoms with Crippen LogP contribution < -0.4 is 0 Å². The Morgan fingerprint density at radius 1 is 1.05 bits per heavy atom. The van der Waals surface area contributed by atoms with Crippen LogP contribution >= 0.6 is 6.49 Å². The average Bonchev–Trinajstić information content (AvgIpc) is 2.39. The van der Waals surface area contributed by atoms with E-state index in [9.17, 15) is 0 Å². The summed E-state index contributed by atoms with van der Waals surface area (Å²) in [6.07, 6.45) is 6.73. The smallest absolute Gasteiger partial charge is 0.185 e. The summed E-state index contributed by atoms with van der Waals surface area (Å²) in [5, 5.41) is 0. The van der Waals surface area contributed by atoms with Crippen LogP contribution in [0.15, 0.2) is 0 Å². The van der Waals surface area contributed by atoms with Gasteiger partial charge in [0, 0.05) is 12.6 Å². The fourth-order valence-electron chi connectivity index (χ4n) is 3.48. The molecule has 0 spiro atoms. The molecule has 1 aliphatic heterocycles. The van der Waals surface area contributed by atoms with Gasteiger partial charge in [-0.2, -0.15) is 0 Å². The van der Waals surface area contributed by atoms with Gasteiger partial charge < -0.3 is 9.05 Å². The zero-order chi connectivity index (χ0) is 14.1. The summed E-state index contributed by atoms with van der Waals surface area (Å²) < 4.78 is 11.5. The Morgan fingerprint density at radius 2 is 1.58 bits per heavy atom. The highest BCUT2D eigenvalue weighted by Crippen LogP contribution is 2.51. The molecule has 2 fully saturated rings. The standard InChI is InChI=1S/C15H29O2PS/c1-5-15(2,3)14-8-6-12(7-9-14)13-10-16-18(4,19)17-11-13/h12-14H,5-11H2,1-4H3. The number of hydrogen-bond donors (Lipinski definition) is 0. The molecule has 2 nitrogen and oxygen atoms in total. The minimum absolute atomic E-state index is 0.509. The van der Waals surface area contributed by atoms with Crippen LogP contribution in [0.3, 0.4) is 0 Å². The lowest BCUT2D eigenvalue weighted by Crippen LogP contribution is -2.34. The molecule has 0 aromatic heterocycles. The van der Waals surface area contributed by atoms with Crippen molar-refractivity contribution in [3.63, 3.8) is 0 Å². The maximum absolute atomic E-state index is 5.75. The molecule has 2 rings (SSSR count). The third-order valence-corrected chi connectivity index (χ3v) is 7.37. The highest BCUT2D eigenvalue weighted by molar-refractivity contribution is 8.09. The van der Waals surface area contributed by atoms with Crippen molar-refractivity contribution in [1.29, 1.82) is 0 Å². The van der Waals surface area contributed by atoms with E-state index in [1.807, 2.05) is 6.66 Å². The summed E-state index contributed by atoms with van der Waals surface area (Å²) in [5.74, 6) is 2.27. The van der Waals surface area contributed by atoms with E-state index in [1.165, 1.54) is 32.1 Å². The van der Waals surface area contributed by atoms with E-state index in [4.69, 9.17) is 20.9 Å². The second-order valence-electron chi connectivity index (χ2n) is 7.08. The van der Waals surface area contributed by atoms with Gasteiger partial charge in [0.05, 0.1) is 13.2 Å². The summed E-state index contributed by atoms with van der Waals surface area (Å²) in [4.78, 5) is 0. The third-order valence-electron chi connectivity index (χ3n) is 5.50. The fraction of sp³-hybridized carbons (Fsp3) is 1.00. The van der Waals surface area contributed by atoms with Gasteiger partial charge in [-0.05, 0) is 54.7 Å². The van der Waals surface area contributed by atoms with Crippen molar-refractivity contribution in [2.24, 2.45) is 23.2 Å². The monoisotopic (exact) mass is 304 g/mol. The quantitative estimate of drug-likeness (QED) is 0.696. The molecule has 0 unspecified atom stereocenters. The maximum Gasteiger partial charge on any atom is 0.185 e. The summed E-state index contributed by atoms with van der Waals surface area (Å²) in [5.41, 5.74) is 0.509. The van der Waals surface area contributed by atoms with Gasteiger partial charge in [0.1, 0.15) is 0 Å². The normalized spacial score (nSPS) is 41.2. The van der Waals surface area contributed by atoms with Gasteiger partial charge in [0.15, 0.2) is 6.49 Å². The van der Waals surface area contributed by atoms with Gasteiger partial charge in [-0.1, -0.05) is 27.2 Å². The van der Waals surface area contributed by atoms with Gasteiger partial charge in [-0.25, -0.2) is 0 Å². The van der Waals surface area contributed by atoms with E-state index in [1.54, 1.807) is 0 Å². The van der Waals surface area contributed by atoms with Crippen molar-refractivity contribution in [1.82, 2.24) is 0 Å². The predicted molar refractivity (Wildman–Crippen MR) is 85.1 cm³/mol. The molecule has 0 bridgehead atoms. The SMILES string of the molecule is CCC(C)(C)C1CCC(C2COP(C)(=S)OC2)CC1. The van der Waals surface area contributed by atoms with Gasteiger partial charge in [-0.15, -0.1) is 0 Å². The van der Waals surface area contributed by atoms with E-state index in [0.717, 1.165) is 25.0 Å². The minimum Gasteiger partial charge on any atom is -0.329 e. The molecular formula is C15H29O2PS. The van der Waals surface area contributed by atoms with Gasteiger partial charge in [-0.3, -0.25) is 0 Å². The lowest BCUT2D eigenvalue weighted by molar-refractivity contribution is 0.0434. The largest absolute Gasteiger partial charge is 0.329 e. The Morgan fingerprint density at radius 3 is 2.05 bits per heavy atom. The van der Waals surface area contributed by atoms with Crippen LogP contribution in [-0.2, 0) is 20.9 Å². The molecule has 112 valence electrons. The number of hydrogen-bond acceptors (Lipinski definition) is 3. The Kier molecular flexibility index (Phi) is 5.15. The first-order chi connectivity index (χ1) is 8.84. The molecular weight excluding hydrogens is 275 g/mol. The van der Waals surface area contributed by atoms with Crippen molar-refractivity contribution in [3.8, 4) is 0 Å². The average molecular weight is 304 g/mol. The van der Waals surface area contributed by atoms with E-state index in [2.05, 4.69) is 20.8 Å². The van der Waals surface area contributed by atoms with Crippen molar-refractivity contribution >= 4 is 18.3 Å². The Hall–Kier alpha value is 0.570. The maximum atomic E-state index is 5.75. The van der Waals surface area contributed by atoms with Gasteiger partial charge in [0.25, 0.3) is 0 Å². The molecule has 4 heteroatoms. The summed E-state index contributed by atoms with van der Waals surface area (Å²) >= 11 is 5.30. The lowest BCUT2D eigenvalue weighted by Gasteiger charge is -2.42. The highest BCUT2D eigenvalue weighted by atomic mass is 32.5.